The van der Waals surface area contributed by atoms with Crippen LogP contribution in [0.5, 0.6) is 0 Å². The van der Waals surface area contributed by atoms with Crippen molar-refractivity contribution in [3.05, 3.63) is 34.9 Å². The topological polar surface area (TPSA) is 90.7 Å². The van der Waals surface area contributed by atoms with Gasteiger partial charge >= 0.3 is 5.97 Å². The van der Waals surface area contributed by atoms with Crippen molar-refractivity contribution in [3.8, 4) is 0 Å². The van der Waals surface area contributed by atoms with Crippen molar-refractivity contribution in [3.63, 3.8) is 0 Å². The number of carbonyl (C=O) groups is 2. The van der Waals surface area contributed by atoms with Crippen LogP contribution in [0.2, 0.25) is 0 Å². The normalized spacial score (nSPS) is 20.9. The van der Waals surface area contributed by atoms with E-state index in [1.165, 1.54) is 18.2 Å². The minimum atomic E-state index is -0.406. The zero-order valence-corrected chi connectivity index (χ0v) is 20.0. The van der Waals surface area contributed by atoms with E-state index in [9.17, 15) is 9.59 Å². The molecule has 0 heterocycles. The summed E-state index contributed by atoms with van der Waals surface area (Å²) >= 11 is 0. The van der Waals surface area contributed by atoms with E-state index < -0.39 is 5.91 Å². The number of esters is 1. The van der Waals surface area contributed by atoms with Crippen LogP contribution in [0.3, 0.4) is 0 Å². The lowest BCUT2D eigenvalue weighted by molar-refractivity contribution is -0.146. The summed E-state index contributed by atoms with van der Waals surface area (Å²) in [4.78, 5) is 24.1. The van der Waals surface area contributed by atoms with Gasteiger partial charge < -0.3 is 20.5 Å². The standard InChI is InChI=1S/C25H40N2O4/c1-7-25(8-2)20-14-18(23(26)28)10-9-17(20)15-21(30-5)22(25)27-12-11-19(13-16(3)4)24(29)31-6/h9-10,14,16,19,21-22,27H,7-8,11-13,15H2,1-6H3,(H2,26,28)/t19-,21-,22-/m1/s1. The number of hydrogen-bond donors (Lipinski definition) is 2. The van der Waals surface area contributed by atoms with E-state index in [-0.39, 0.29) is 29.4 Å². The molecule has 1 aliphatic carbocycles. The average Bonchev–Trinajstić information content (AvgIpc) is 2.76. The smallest absolute Gasteiger partial charge is 0.308 e. The number of nitrogens with one attached hydrogen (secondary N) is 1. The van der Waals surface area contributed by atoms with Gasteiger partial charge in [-0.2, -0.15) is 0 Å². The van der Waals surface area contributed by atoms with Crippen molar-refractivity contribution in [2.24, 2.45) is 17.6 Å². The number of hydrogen-bond acceptors (Lipinski definition) is 5. The lowest BCUT2D eigenvalue weighted by atomic mass is 9.62. The zero-order chi connectivity index (χ0) is 23.2. The highest BCUT2D eigenvalue weighted by Gasteiger charge is 2.46. The van der Waals surface area contributed by atoms with E-state index in [2.05, 4.69) is 33.0 Å². The zero-order valence-electron chi connectivity index (χ0n) is 20.0. The summed E-state index contributed by atoms with van der Waals surface area (Å²) in [6, 6.07) is 5.87. The van der Waals surface area contributed by atoms with Gasteiger partial charge in [-0.25, -0.2) is 0 Å². The van der Waals surface area contributed by atoms with Gasteiger partial charge in [-0.15, -0.1) is 0 Å². The Labute approximate surface area is 187 Å². The summed E-state index contributed by atoms with van der Waals surface area (Å²) in [6.45, 7) is 9.32. The molecule has 6 heteroatoms. The predicted molar refractivity (Wildman–Crippen MR) is 123 cm³/mol. The highest BCUT2D eigenvalue weighted by Crippen LogP contribution is 2.44. The molecule has 0 saturated carbocycles. The van der Waals surface area contributed by atoms with Gasteiger partial charge in [0, 0.05) is 30.6 Å². The maximum atomic E-state index is 12.2. The molecule has 2 rings (SSSR count). The molecule has 3 N–H and O–H groups in total. The van der Waals surface area contributed by atoms with E-state index in [0.29, 0.717) is 18.0 Å². The molecule has 174 valence electrons. The largest absolute Gasteiger partial charge is 0.469 e. The minimum Gasteiger partial charge on any atom is -0.469 e. The van der Waals surface area contributed by atoms with Gasteiger partial charge in [-0.1, -0.05) is 33.8 Å². The fourth-order valence-electron chi connectivity index (χ4n) is 5.33. The molecule has 1 aromatic rings. The molecule has 1 aromatic carbocycles. The number of primary amides is 1. The van der Waals surface area contributed by atoms with Crippen LogP contribution in [0.15, 0.2) is 18.2 Å². The summed E-state index contributed by atoms with van der Waals surface area (Å²) in [7, 11) is 3.21. The van der Waals surface area contributed by atoms with E-state index in [1.807, 2.05) is 18.2 Å². The first-order valence-electron chi connectivity index (χ1n) is 11.5. The molecular weight excluding hydrogens is 392 g/mol. The fourth-order valence-corrected chi connectivity index (χ4v) is 5.33. The van der Waals surface area contributed by atoms with Crippen molar-refractivity contribution in [2.45, 2.75) is 77.4 Å². The minimum absolute atomic E-state index is 0.00787. The van der Waals surface area contributed by atoms with Crippen LogP contribution in [0.1, 0.15) is 74.9 Å². The summed E-state index contributed by atoms with van der Waals surface area (Å²) in [6.07, 6.45) is 4.12. The molecule has 31 heavy (non-hydrogen) atoms. The average molecular weight is 433 g/mol. The van der Waals surface area contributed by atoms with E-state index in [4.69, 9.17) is 15.2 Å². The van der Waals surface area contributed by atoms with Gasteiger partial charge in [-0.3, -0.25) is 9.59 Å². The number of nitrogens with two attached hydrogens (primary N) is 1. The summed E-state index contributed by atoms with van der Waals surface area (Å²) in [5.41, 5.74) is 8.34. The number of ether oxygens (including phenoxy) is 2. The number of methoxy groups -OCH3 is 2. The predicted octanol–water partition coefficient (Wildman–Crippen LogP) is 3.60. The van der Waals surface area contributed by atoms with Crippen LogP contribution in [0, 0.1) is 11.8 Å². The Morgan fingerprint density at radius 3 is 2.42 bits per heavy atom. The van der Waals surface area contributed by atoms with Crippen molar-refractivity contribution >= 4 is 11.9 Å². The Morgan fingerprint density at radius 1 is 1.23 bits per heavy atom. The summed E-state index contributed by atoms with van der Waals surface area (Å²) in [5.74, 6) is -0.239. The quantitative estimate of drug-likeness (QED) is 0.522. The van der Waals surface area contributed by atoms with Gasteiger partial charge in [0.2, 0.25) is 5.91 Å². The Balaban J connectivity index is 2.32. The SMILES string of the molecule is CCC1(CC)c2cc(C(N)=O)ccc2C[C@@H](OC)[C@H]1NCC[C@H](CC(C)C)C(=O)OC. The second kappa shape index (κ2) is 11.1. The summed E-state index contributed by atoms with van der Waals surface area (Å²) < 4.78 is 11.0. The van der Waals surface area contributed by atoms with Crippen LogP contribution in [-0.4, -0.2) is 44.8 Å². The van der Waals surface area contributed by atoms with Crippen molar-refractivity contribution in [2.75, 3.05) is 20.8 Å². The molecule has 0 saturated heterocycles. The van der Waals surface area contributed by atoms with Gasteiger partial charge in [0.05, 0.1) is 19.1 Å². The monoisotopic (exact) mass is 432 g/mol. The Kier molecular flexibility index (Phi) is 9.07. The molecule has 0 bridgehead atoms. The molecule has 3 atom stereocenters. The third kappa shape index (κ3) is 5.47. The van der Waals surface area contributed by atoms with E-state index in [0.717, 1.165) is 32.1 Å². The van der Waals surface area contributed by atoms with Crippen LogP contribution < -0.4 is 11.1 Å². The molecular formula is C25H40N2O4. The third-order valence-corrected chi connectivity index (χ3v) is 7.03. The molecule has 0 unspecified atom stereocenters. The van der Waals surface area contributed by atoms with Crippen LogP contribution in [-0.2, 0) is 26.1 Å². The Morgan fingerprint density at radius 2 is 1.90 bits per heavy atom. The maximum Gasteiger partial charge on any atom is 0.308 e. The number of rotatable bonds is 11. The van der Waals surface area contributed by atoms with Crippen LogP contribution in [0.25, 0.3) is 0 Å². The maximum absolute atomic E-state index is 12.2. The molecule has 0 aliphatic heterocycles. The van der Waals surface area contributed by atoms with Crippen LogP contribution >= 0.6 is 0 Å². The Bertz CT molecular complexity index is 758. The molecule has 0 spiro atoms. The first-order valence-corrected chi connectivity index (χ1v) is 11.5. The van der Waals surface area contributed by atoms with Gasteiger partial charge in [0.15, 0.2) is 0 Å². The van der Waals surface area contributed by atoms with E-state index in [1.54, 1.807) is 7.11 Å². The van der Waals surface area contributed by atoms with Gasteiger partial charge in [-0.05, 0) is 61.4 Å². The number of carbonyl (C=O) groups excluding carboxylic acids is 2. The number of benzene rings is 1. The molecule has 1 aliphatic rings. The third-order valence-electron chi connectivity index (χ3n) is 7.03. The van der Waals surface area contributed by atoms with Crippen LogP contribution in [0.4, 0.5) is 0 Å². The number of amides is 1. The van der Waals surface area contributed by atoms with E-state index >= 15 is 0 Å². The molecule has 0 aromatic heterocycles. The van der Waals surface area contributed by atoms with Crippen molar-refractivity contribution in [1.82, 2.24) is 5.32 Å². The highest BCUT2D eigenvalue weighted by atomic mass is 16.5. The molecule has 6 nitrogen and oxygen atoms in total. The van der Waals surface area contributed by atoms with Crippen molar-refractivity contribution < 1.29 is 19.1 Å². The second-order valence-corrected chi connectivity index (χ2v) is 9.15. The second-order valence-electron chi connectivity index (χ2n) is 9.15. The lowest BCUT2D eigenvalue weighted by Gasteiger charge is -2.49. The highest BCUT2D eigenvalue weighted by molar-refractivity contribution is 5.93. The van der Waals surface area contributed by atoms with Gasteiger partial charge in [0.25, 0.3) is 0 Å². The lowest BCUT2D eigenvalue weighted by Crippen LogP contribution is -2.59. The fraction of sp³-hybridized carbons (Fsp3) is 0.680. The molecule has 1 amide bonds. The number of fused-ring (bicyclic) bond motifs is 1. The molecule has 0 radical (unpaired) electrons. The summed E-state index contributed by atoms with van der Waals surface area (Å²) in [5, 5.41) is 3.74. The molecule has 0 fully saturated rings. The Hall–Kier alpha value is -1.92. The first kappa shape index (κ1) is 25.3. The first-order chi connectivity index (χ1) is 14.7. The van der Waals surface area contributed by atoms with Crippen molar-refractivity contribution in [1.29, 1.82) is 0 Å². The van der Waals surface area contributed by atoms with Gasteiger partial charge in [0.1, 0.15) is 0 Å².